The lowest BCUT2D eigenvalue weighted by Gasteiger charge is -2.33. The Morgan fingerprint density at radius 2 is 1.88 bits per heavy atom. The van der Waals surface area contributed by atoms with Gasteiger partial charge in [-0.3, -0.25) is 9.59 Å². The SMILES string of the molecule is CNC(=O)[C@H]1CN(C(=O)COc2ccccc2)c2ccccc2O1. The summed E-state index contributed by atoms with van der Waals surface area (Å²) in [6.07, 6.45) is -0.745. The van der Waals surface area contributed by atoms with E-state index in [1.54, 1.807) is 30.3 Å². The van der Waals surface area contributed by atoms with E-state index in [0.717, 1.165) is 0 Å². The standard InChI is InChI=1S/C18H18N2O4/c1-19-18(22)16-11-20(14-9-5-6-10-15(14)24-16)17(21)12-23-13-7-3-2-4-8-13/h2-10,16H,11-12H2,1H3,(H,19,22)/t16-/m1/s1. The summed E-state index contributed by atoms with van der Waals surface area (Å²) in [4.78, 5) is 26.1. The molecular weight excluding hydrogens is 308 g/mol. The predicted octanol–water partition coefficient (Wildman–Crippen LogP) is 1.61. The number of fused-ring (bicyclic) bond motifs is 1. The van der Waals surface area contributed by atoms with Crippen LogP contribution in [-0.2, 0) is 9.59 Å². The molecular formula is C18H18N2O4. The van der Waals surface area contributed by atoms with Crippen LogP contribution in [0.2, 0.25) is 0 Å². The Morgan fingerprint density at radius 3 is 2.62 bits per heavy atom. The minimum Gasteiger partial charge on any atom is -0.484 e. The van der Waals surface area contributed by atoms with E-state index in [9.17, 15) is 9.59 Å². The van der Waals surface area contributed by atoms with Gasteiger partial charge in [0, 0.05) is 7.05 Å². The third kappa shape index (κ3) is 3.32. The number of para-hydroxylation sites is 3. The number of carbonyl (C=O) groups excluding carboxylic acids is 2. The number of nitrogens with zero attached hydrogens (tertiary/aromatic N) is 1. The summed E-state index contributed by atoms with van der Waals surface area (Å²) in [5, 5.41) is 2.55. The van der Waals surface area contributed by atoms with Crippen molar-refractivity contribution in [1.29, 1.82) is 0 Å². The van der Waals surface area contributed by atoms with Crippen LogP contribution in [0.1, 0.15) is 0 Å². The Balaban J connectivity index is 1.77. The van der Waals surface area contributed by atoms with Crippen molar-refractivity contribution in [2.24, 2.45) is 0 Å². The van der Waals surface area contributed by atoms with Crippen molar-refractivity contribution in [1.82, 2.24) is 5.32 Å². The molecule has 1 aliphatic rings. The van der Waals surface area contributed by atoms with E-state index >= 15 is 0 Å². The van der Waals surface area contributed by atoms with Crippen LogP contribution in [-0.4, -0.2) is 38.1 Å². The zero-order valence-corrected chi connectivity index (χ0v) is 13.3. The number of nitrogens with one attached hydrogen (secondary N) is 1. The van der Waals surface area contributed by atoms with E-state index in [0.29, 0.717) is 17.2 Å². The molecule has 1 atom stereocenters. The highest BCUT2D eigenvalue weighted by Crippen LogP contribution is 2.33. The van der Waals surface area contributed by atoms with Crippen LogP contribution in [0.5, 0.6) is 11.5 Å². The fraction of sp³-hybridized carbons (Fsp3) is 0.222. The van der Waals surface area contributed by atoms with E-state index in [-0.39, 0.29) is 25.0 Å². The zero-order valence-electron chi connectivity index (χ0n) is 13.3. The van der Waals surface area contributed by atoms with E-state index < -0.39 is 6.10 Å². The lowest BCUT2D eigenvalue weighted by Crippen LogP contribution is -2.51. The molecule has 2 aromatic rings. The lowest BCUT2D eigenvalue weighted by molar-refractivity contribution is -0.128. The fourth-order valence-electron chi connectivity index (χ4n) is 2.51. The van der Waals surface area contributed by atoms with Gasteiger partial charge in [-0.2, -0.15) is 0 Å². The van der Waals surface area contributed by atoms with Gasteiger partial charge in [0.15, 0.2) is 12.7 Å². The Morgan fingerprint density at radius 1 is 1.17 bits per heavy atom. The summed E-state index contributed by atoms with van der Waals surface area (Å²) in [5.41, 5.74) is 0.638. The van der Waals surface area contributed by atoms with Gasteiger partial charge in [-0.25, -0.2) is 0 Å². The predicted molar refractivity (Wildman–Crippen MR) is 89.2 cm³/mol. The number of amides is 2. The first-order valence-corrected chi connectivity index (χ1v) is 7.64. The summed E-state index contributed by atoms with van der Waals surface area (Å²) >= 11 is 0. The van der Waals surface area contributed by atoms with Gasteiger partial charge < -0.3 is 19.7 Å². The Bertz CT molecular complexity index is 733. The van der Waals surface area contributed by atoms with Gasteiger partial charge in [0.1, 0.15) is 11.5 Å². The zero-order chi connectivity index (χ0) is 16.9. The van der Waals surface area contributed by atoms with Crippen molar-refractivity contribution in [3.8, 4) is 11.5 Å². The molecule has 1 aliphatic heterocycles. The molecule has 0 spiro atoms. The first-order valence-electron chi connectivity index (χ1n) is 7.64. The highest BCUT2D eigenvalue weighted by Gasteiger charge is 2.33. The van der Waals surface area contributed by atoms with Gasteiger partial charge in [-0.15, -0.1) is 0 Å². The molecule has 1 N–H and O–H groups in total. The van der Waals surface area contributed by atoms with E-state index in [1.807, 2.05) is 24.3 Å². The second kappa shape index (κ2) is 7.04. The van der Waals surface area contributed by atoms with Crippen LogP contribution in [0, 0.1) is 0 Å². The highest BCUT2D eigenvalue weighted by atomic mass is 16.5. The van der Waals surface area contributed by atoms with Gasteiger partial charge in [0.2, 0.25) is 0 Å². The summed E-state index contributed by atoms with van der Waals surface area (Å²) in [6, 6.07) is 16.3. The normalized spacial score (nSPS) is 15.9. The molecule has 3 rings (SSSR count). The molecule has 0 saturated heterocycles. The average Bonchev–Trinajstić information content (AvgIpc) is 2.65. The molecule has 0 unspecified atom stereocenters. The summed E-state index contributed by atoms with van der Waals surface area (Å²) in [5.74, 6) is 0.621. The van der Waals surface area contributed by atoms with Crippen molar-refractivity contribution in [3.63, 3.8) is 0 Å². The topological polar surface area (TPSA) is 67.9 Å². The fourth-order valence-corrected chi connectivity index (χ4v) is 2.51. The van der Waals surface area contributed by atoms with Gasteiger partial charge in [0.05, 0.1) is 12.2 Å². The number of ether oxygens (including phenoxy) is 2. The minimum absolute atomic E-state index is 0.112. The van der Waals surface area contributed by atoms with Crippen LogP contribution >= 0.6 is 0 Å². The Labute approximate surface area is 140 Å². The number of rotatable bonds is 4. The summed E-state index contributed by atoms with van der Waals surface area (Å²) in [7, 11) is 1.54. The maximum Gasteiger partial charge on any atom is 0.265 e. The molecule has 6 nitrogen and oxygen atoms in total. The number of benzene rings is 2. The van der Waals surface area contributed by atoms with Gasteiger partial charge >= 0.3 is 0 Å². The van der Waals surface area contributed by atoms with Crippen molar-refractivity contribution >= 4 is 17.5 Å². The van der Waals surface area contributed by atoms with Crippen LogP contribution in [0.4, 0.5) is 5.69 Å². The second-order valence-corrected chi connectivity index (χ2v) is 5.29. The highest BCUT2D eigenvalue weighted by molar-refractivity contribution is 5.98. The molecule has 2 aromatic carbocycles. The summed E-state index contributed by atoms with van der Waals surface area (Å²) in [6.45, 7) is 0.0342. The van der Waals surface area contributed by atoms with Gasteiger partial charge in [0.25, 0.3) is 11.8 Å². The number of hydrogen-bond acceptors (Lipinski definition) is 4. The Hall–Kier alpha value is -3.02. The summed E-state index contributed by atoms with van der Waals surface area (Å²) < 4.78 is 11.2. The first-order chi connectivity index (χ1) is 11.7. The molecule has 0 radical (unpaired) electrons. The largest absolute Gasteiger partial charge is 0.484 e. The smallest absolute Gasteiger partial charge is 0.265 e. The van der Waals surface area contributed by atoms with Crippen LogP contribution in [0.3, 0.4) is 0 Å². The molecule has 0 fully saturated rings. The monoisotopic (exact) mass is 326 g/mol. The molecule has 1 heterocycles. The first kappa shape index (κ1) is 15.9. The number of carbonyl (C=O) groups is 2. The molecule has 124 valence electrons. The van der Waals surface area contributed by atoms with Crippen LogP contribution in [0.15, 0.2) is 54.6 Å². The number of hydrogen-bond donors (Lipinski definition) is 1. The Kier molecular flexibility index (Phi) is 4.65. The number of anilines is 1. The van der Waals surface area contributed by atoms with Crippen molar-refractivity contribution in [2.45, 2.75) is 6.10 Å². The van der Waals surface area contributed by atoms with Crippen LogP contribution in [0.25, 0.3) is 0 Å². The lowest BCUT2D eigenvalue weighted by atomic mass is 10.1. The van der Waals surface area contributed by atoms with Gasteiger partial charge in [-0.1, -0.05) is 30.3 Å². The van der Waals surface area contributed by atoms with E-state index in [4.69, 9.17) is 9.47 Å². The third-order valence-electron chi connectivity index (χ3n) is 3.72. The van der Waals surface area contributed by atoms with Gasteiger partial charge in [-0.05, 0) is 24.3 Å². The molecule has 0 aliphatic carbocycles. The van der Waals surface area contributed by atoms with E-state index in [1.165, 1.54) is 11.9 Å². The molecule has 0 bridgehead atoms. The maximum absolute atomic E-state index is 12.6. The van der Waals surface area contributed by atoms with Crippen molar-refractivity contribution in [3.05, 3.63) is 54.6 Å². The van der Waals surface area contributed by atoms with Crippen molar-refractivity contribution < 1.29 is 19.1 Å². The third-order valence-corrected chi connectivity index (χ3v) is 3.72. The molecule has 0 aromatic heterocycles. The van der Waals surface area contributed by atoms with E-state index in [2.05, 4.69) is 5.32 Å². The maximum atomic E-state index is 12.6. The average molecular weight is 326 g/mol. The van der Waals surface area contributed by atoms with Crippen LogP contribution < -0.4 is 19.7 Å². The second-order valence-electron chi connectivity index (χ2n) is 5.29. The molecule has 2 amide bonds. The number of likely N-dealkylation sites (N-methyl/N-ethyl adjacent to an activating group) is 1. The minimum atomic E-state index is -0.745. The molecule has 6 heteroatoms. The molecule has 24 heavy (non-hydrogen) atoms. The quantitative estimate of drug-likeness (QED) is 0.927. The van der Waals surface area contributed by atoms with Crippen molar-refractivity contribution in [2.75, 3.05) is 25.1 Å². The molecule has 0 saturated carbocycles.